The van der Waals surface area contributed by atoms with Gasteiger partial charge in [0.2, 0.25) is 0 Å². The first-order chi connectivity index (χ1) is 25.3. The molecule has 52 heavy (non-hydrogen) atoms. The molecule has 7 aromatic carbocycles. The molecule has 0 saturated heterocycles. The zero-order valence-corrected chi connectivity index (χ0v) is 29.9. The van der Waals surface area contributed by atoms with E-state index in [0.29, 0.717) is 0 Å². The maximum atomic E-state index is 6.15. The van der Waals surface area contributed by atoms with Crippen LogP contribution in [0.25, 0.3) is 56.0 Å². The van der Waals surface area contributed by atoms with Crippen molar-refractivity contribution in [2.45, 2.75) is 38.5 Å². The van der Waals surface area contributed by atoms with Gasteiger partial charge in [-0.3, -0.25) is 0 Å². The van der Waals surface area contributed by atoms with Gasteiger partial charge in [-0.25, -0.2) is 0 Å². The molecule has 0 atom stereocenters. The predicted octanol–water partition coefficient (Wildman–Crippen LogP) is 13.9. The number of hydrogen-bond acceptors (Lipinski definition) is 2. The second-order valence-corrected chi connectivity index (χ2v) is 15.4. The van der Waals surface area contributed by atoms with Crippen molar-refractivity contribution in [3.8, 4) is 0 Å². The van der Waals surface area contributed by atoms with Gasteiger partial charge >= 0.3 is 0 Å². The van der Waals surface area contributed by atoms with Crippen molar-refractivity contribution in [1.82, 2.24) is 0 Å². The van der Waals surface area contributed by atoms with Gasteiger partial charge in [-0.05, 0) is 110 Å². The molecule has 0 radical (unpaired) electrons. The number of allylic oxidation sites excluding steroid dienone is 2. The Kier molecular flexibility index (Phi) is 6.60. The summed E-state index contributed by atoms with van der Waals surface area (Å²) in [6, 6.07) is 54.9. The van der Waals surface area contributed by atoms with Gasteiger partial charge < -0.3 is 9.32 Å². The molecule has 0 bridgehead atoms. The second kappa shape index (κ2) is 11.2. The largest absolute Gasteiger partial charge is 0.456 e. The molecule has 0 unspecified atom stereocenters. The van der Waals surface area contributed by atoms with Crippen LogP contribution in [0.15, 0.2) is 156 Å². The summed E-state index contributed by atoms with van der Waals surface area (Å²) in [6.07, 6.45) is 4.51. The number of rotatable bonds is 5. The van der Waals surface area contributed by atoms with Gasteiger partial charge in [0.25, 0.3) is 0 Å². The van der Waals surface area contributed by atoms with E-state index >= 15 is 0 Å². The van der Waals surface area contributed by atoms with Crippen LogP contribution in [0.2, 0.25) is 0 Å². The molecular formula is C50H39NO. The van der Waals surface area contributed by atoms with E-state index in [1.54, 1.807) is 0 Å². The molecule has 0 amide bonds. The van der Waals surface area contributed by atoms with Gasteiger partial charge in [0.15, 0.2) is 0 Å². The van der Waals surface area contributed by atoms with Gasteiger partial charge in [-0.2, -0.15) is 0 Å². The Morgan fingerprint density at radius 2 is 1.04 bits per heavy atom. The quantitative estimate of drug-likeness (QED) is 0.170. The van der Waals surface area contributed by atoms with Crippen molar-refractivity contribution in [3.05, 3.63) is 185 Å². The lowest BCUT2D eigenvalue weighted by Gasteiger charge is -2.28. The highest BCUT2D eigenvalue weighted by molar-refractivity contribution is 6.10. The van der Waals surface area contributed by atoms with E-state index in [4.69, 9.17) is 4.42 Å². The lowest BCUT2D eigenvalue weighted by atomic mass is 9.75. The third kappa shape index (κ3) is 4.57. The first-order valence-electron chi connectivity index (χ1n) is 18.3. The standard InChI is InChI=1S/C50H39NO/c1-49(2)43-16-10-8-15-40(43)47-48(49)41-26-21-33(29-44(41)50(47,3)4)19-18-32-20-22-35-30-37(24-23-34(35)28-32)51(36-12-6-5-7-13-36)38-25-27-46-42(31-38)39-14-9-11-17-45(39)52-46/h5-31H,1-4H3/b19-18+. The monoisotopic (exact) mass is 669 g/mol. The van der Waals surface area contributed by atoms with Crippen molar-refractivity contribution in [2.75, 3.05) is 4.90 Å². The van der Waals surface area contributed by atoms with E-state index in [1.807, 2.05) is 12.1 Å². The lowest BCUT2D eigenvalue weighted by molar-refractivity contribution is 0.669. The number of anilines is 3. The minimum absolute atomic E-state index is 0.00279. The first kappa shape index (κ1) is 30.7. The van der Waals surface area contributed by atoms with Gasteiger partial charge in [0.1, 0.15) is 11.2 Å². The molecule has 0 fully saturated rings. The highest BCUT2D eigenvalue weighted by Gasteiger charge is 2.49. The number of nitrogens with zero attached hydrogens (tertiary/aromatic N) is 1. The smallest absolute Gasteiger partial charge is 0.135 e. The van der Waals surface area contributed by atoms with Gasteiger partial charge in [0.05, 0.1) is 0 Å². The van der Waals surface area contributed by atoms with Crippen molar-refractivity contribution >= 4 is 73.1 Å². The summed E-state index contributed by atoms with van der Waals surface area (Å²) < 4.78 is 6.15. The Hall–Kier alpha value is -6.12. The Labute approximate surface area is 305 Å². The average molecular weight is 670 g/mol. The summed E-state index contributed by atoms with van der Waals surface area (Å²) in [4.78, 5) is 2.33. The van der Waals surface area contributed by atoms with Crippen molar-refractivity contribution in [1.29, 1.82) is 0 Å². The summed E-state index contributed by atoms with van der Waals surface area (Å²) >= 11 is 0. The molecule has 0 aliphatic heterocycles. The van der Waals surface area contributed by atoms with Crippen molar-refractivity contribution in [3.63, 3.8) is 0 Å². The zero-order valence-electron chi connectivity index (χ0n) is 29.9. The summed E-state index contributed by atoms with van der Waals surface area (Å²) in [5, 5.41) is 4.66. The predicted molar refractivity (Wildman–Crippen MR) is 221 cm³/mol. The highest BCUT2D eigenvalue weighted by atomic mass is 16.3. The van der Waals surface area contributed by atoms with E-state index in [9.17, 15) is 0 Å². The highest BCUT2D eigenvalue weighted by Crippen LogP contribution is 2.62. The van der Waals surface area contributed by atoms with Crippen LogP contribution in [0, 0.1) is 0 Å². The topological polar surface area (TPSA) is 16.4 Å². The molecule has 10 rings (SSSR count). The van der Waals surface area contributed by atoms with E-state index in [0.717, 1.165) is 39.0 Å². The second-order valence-electron chi connectivity index (χ2n) is 15.4. The Morgan fingerprint density at radius 3 is 1.88 bits per heavy atom. The summed E-state index contributed by atoms with van der Waals surface area (Å²) in [5.74, 6) is 0. The van der Waals surface area contributed by atoms with Crippen LogP contribution in [0.4, 0.5) is 17.1 Å². The van der Waals surface area contributed by atoms with Crippen molar-refractivity contribution in [2.24, 2.45) is 0 Å². The van der Waals surface area contributed by atoms with Crippen LogP contribution in [-0.2, 0) is 10.8 Å². The molecule has 2 heteroatoms. The average Bonchev–Trinajstić information content (AvgIpc) is 3.75. The van der Waals surface area contributed by atoms with Gasteiger partial charge in [-0.1, -0.05) is 137 Å². The summed E-state index contributed by atoms with van der Waals surface area (Å²) in [5.41, 5.74) is 16.2. The van der Waals surface area contributed by atoms with Crippen LogP contribution in [0.5, 0.6) is 0 Å². The fourth-order valence-electron chi connectivity index (χ4n) is 9.05. The normalized spacial score (nSPS) is 15.5. The molecule has 250 valence electrons. The third-order valence-corrected chi connectivity index (χ3v) is 11.6. The Morgan fingerprint density at radius 1 is 0.442 bits per heavy atom. The maximum Gasteiger partial charge on any atom is 0.135 e. The number of fused-ring (bicyclic) bond motifs is 8. The molecule has 1 heterocycles. The minimum atomic E-state index is -0.0509. The maximum absolute atomic E-state index is 6.15. The third-order valence-electron chi connectivity index (χ3n) is 11.6. The number of hydrogen-bond donors (Lipinski definition) is 0. The minimum Gasteiger partial charge on any atom is -0.456 e. The molecular weight excluding hydrogens is 631 g/mol. The van der Waals surface area contributed by atoms with Crippen LogP contribution in [0.3, 0.4) is 0 Å². The van der Waals surface area contributed by atoms with Gasteiger partial charge in [-0.15, -0.1) is 0 Å². The molecule has 0 saturated carbocycles. The summed E-state index contributed by atoms with van der Waals surface area (Å²) in [6.45, 7) is 9.57. The van der Waals surface area contributed by atoms with Crippen LogP contribution in [0.1, 0.15) is 61.1 Å². The van der Waals surface area contributed by atoms with E-state index in [2.05, 4.69) is 184 Å². The Balaban J connectivity index is 0.972. The molecule has 8 aromatic rings. The summed E-state index contributed by atoms with van der Waals surface area (Å²) in [7, 11) is 0. The number of benzene rings is 7. The first-order valence-corrected chi connectivity index (χ1v) is 18.3. The number of furan rings is 1. The number of para-hydroxylation sites is 2. The van der Waals surface area contributed by atoms with Crippen LogP contribution >= 0.6 is 0 Å². The molecule has 1 aromatic heterocycles. The lowest BCUT2D eigenvalue weighted by Crippen LogP contribution is -2.19. The zero-order chi connectivity index (χ0) is 35.2. The van der Waals surface area contributed by atoms with Gasteiger partial charge in [0, 0.05) is 38.7 Å². The molecule has 2 aliphatic rings. The molecule has 2 nitrogen and oxygen atoms in total. The molecule has 0 N–H and O–H groups in total. The fourth-order valence-corrected chi connectivity index (χ4v) is 9.05. The van der Waals surface area contributed by atoms with E-state index in [-0.39, 0.29) is 10.8 Å². The Bertz CT molecular complexity index is 2790. The van der Waals surface area contributed by atoms with E-state index in [1.165, 1.54) is 55.3 Å². The van der Waals surface area contributed by atoms with E-state index < -0.39 is 0 Å². The van der Waals surface area contributed by atoms with Crippen molar-refractivity contribution < 1.29 is 4.42 Å². The van der Waals surface area contributed by atoms with Crippen LogP contribution < -0.4 is 4.90 Å². The SMILES string of the molecule is CC1(C)C2=C(c3ccccc31)C(C)(C)c1cc(/C=C/c3ccc4cc(N(c5ccccc5)c5ccc6oc7ccccc7c6c5)ccc4c3)ccc12. The molecule has 2 aliphatic carbocycles. The fraction of sp³-hybridized carbons (Fsp3) is 0.120. The molecule has 0 spiro atoms. The van der Waals surface area contributed by atoms with Crippen LogP contribution in [-0.4, -0.2) is 0 Å².